The van der Waals surface area contributed by atoms with Crippen LogP contribution in [-0.2, 0) is 24.2 Å². The van der Waals surface area contributed by atoms with E-state index in [4.69, 9.17) is 4.74 Å². The molecule has 0 atom stereocenters. The van der Waals surface area contributed by atoms with Crippen LogP contribution in [0, 0.1) is 11.3 Å². The zero-order chi connectivity index (χ0) is 25.5. The third-order valence-electron chi connectivity index (χ3n) is 5.01. The molecule has 0 heterocycles. The molecule has 3 aromatic rings. The lowest BCUT2D eigenvalue weighted by molar-refractivity contribution is -0.0149. The van der Waals surface area contributed by atoms with Crippen molar-refractivity contribution in [2.75, 3.05) is 0 Å². The summed E-state index contributed by atoms with van der Waals surface area (Å²) in [4.78, 5) is 0. The summed E-state index contributed by atoms with van der Waals surface area (Å²) >= 11 is 0. The lowest BCUT2D eigenvalue weighted by atomic mass is 9.89. The molecule has 0 saturated heterocycles. The van der Waals surface area contributed by atoms with Crippen LogP contribution in [0.25, 0.3) is 0 Å². The fraction of sp³-hybridized carbons (Fsp3) is 0.455. The first-order chi connectivity index (χ1) is 15.9. The third kappa shape index (κ3) is 17.1. The first-order valence-corrected chi connectivity index (χ1v) is 12.7. The second-order valence-corrected chi connectivity index (χ2v) is 11.5. The minimum absolute atomic E-state index is 0.0458. The monoisotopic (exact) mass is 460 g/mol. The number of hydrogen-bond donors (Lipinski definition) is 0. The van der Waals surface area contributed by atoms with Gasteiger partial charge in [0.25, 0.3) is 0 Å². The molecule has 34 heavy (non-hydrogen) atoms. The van der Waals surface area contributed by atoms with Crippen LogP contribution in [-0.4, -0.2) is 5.60 Å². The Morgan fingerprint density at radius 2 is 1.00 bits per heavy atom. The highest BCUT2D eigenvalue weighted by Gasteiger charge is 2.10. The van der Waals surface area contributed by atoms with E-state index in [0.29, 0.717) is 12.0 Å². The van der Waals surface area contributed by atoms with Crippen molar-refractivity contribution in [1.29, 1.82) is 0 Å². The van der Waals surface area contributed by atoms with Gasteiger partial charge in [-0.3, -0.25) is 0 Å². The Hall–Kier alpha value is -2.38. The Balaban J connectivity index is 0.000000256. The topological polar surface area (TPSA) is 9.23 Å². The fourth-order valence-corrected chi connectivity index (χ4v) is 3.12. The van der Waals surface area contributed by atoms with Crippen molar-refractivity contribution in [2.24, 2.45) is 11.3 Å². The standard InChI is InChI=1S/C12H18.C11H16O.C10H14/c1-12(2,3)10-9-11-7-5-4-6-8-11;1-11(2,3)12-9-10-7-5-4-6-8-10;1-9(2)8-10-6-4-3-5-7-10/h4-8H,9-10H2,1-3H3;4-8H,9H2,1-3H3;3-7,9H,8H2,1-2H3. The van der Waals surface area contributed by atoms with Gasteiger partial charge in [-0.05, 0) is 68.1 Å². The molecule has 0 radical (unpaired) electrons. The van der Waals surface area contributed by atoms with Crippen molar-refractivity contribution in [3.8, 4) is 0 Å². The second-order valence-electron chi connectivity index (χ2n) is 11.5. The van der Waals surface area contributed by atoms with Crippen LogP contribution in [0.2, 0.25) is 0 Å². The van der Waals surface area contributed by atoms with Crippen LogP contribution in [0.5, 0.6) is 0 Å². The third-order valence-corrected chi connectivity index (χ3v) is 5.01. The summed E-state index contributed by atoms with van der Waals surface area (Å²) in [5, 5.41) is 0. The molecule has 0 aromatic heterocycles. The minimum atomic E-state index is -0.0458. The van der Waals surface area contributed by atoms with E-state index in [2.05, 4.69) is 128 Å². The average Bonchev–Trinajstić information content (AvgIpc) is 2.78. The van der Waals surface area contributed by atoms with Gasteiger partial charge in [0.2, 0.25) is 0 Å². The van der Waals surface area contributed by atoms with E-state index < -0.39 is 0 Å². The van der Waals surface area contributed by atoms with Gasteiger partial charge < -0.3 is 4.74 Å². The highest BCUT2D eigenvalue weighted by Crippen LogP contribution is 2.21. The summed E-state index contributed by atoms with van der Waals surface area (Å²) in [6, 6.07) is 31.5. The SMILES string of the molecule is CC(C)(C)CCc1ccccc1.CC(C)(C)OCc1ccccc1.CC(C)Cc1ccccc1. The first kappa shape index (κ1) is 29.7. The van der Waals surface area contributed by atoms with Gasteiger partial charge in [-0.1, -0.05) is 126 Å². The molecular weight excluding hydrogens is 412 g/mol. The van der Waals surface area contributed by atoms with E-state index in [1.165, 1.54) is 36.0 Å². The molecule has 186 valence electrons. The molecule has 1 nitrogen and oxygen atoms in total. The van der Waals surface area contributed by atoms with E-state index in [1.54, 1.807) is 0 Å². The lowest BCUT2D eigenvalue weighted by Gasteiger charge is -2.19. The number of rotatable bonds is 6. The van der Waals surface area contributed by atoms with Gasteiger partial charge in [-0.2, -0.15) is 0 Å². The molecule has 0 fully saturated rings. The normalized spacial score (nSPS) is 11.2. The van der Waals surface area contributed by atoms with Gasteiger partial charge in [-0.25, -0.2) is 0 Å². The average molecular weight is 461 g/mol. The van der Waals surface area contributed by atoms with Crippen molar-refractivity contribution in [2.45, 2.75) is 86.9 Å². The maximum atomic E-state index is 5.62. The molecule has 0 amide bonds. The highest BCUT2D eigenvalue weighted by molar-refractivity contribution is 5.16. The van der Waals surface area contributed by atoms with Crippen LogP contribution < -0.4 is 0 Å². The molecule has 3 aromatic carbocycles. The molecule has 0 aliphatic carbocycles. The molecule has 0 bridgehead atoms. The van der Waals surface area contributed by atoms with Gasteiger partial charge >= 0.3 is 0 Å². The summed E-state index contributed by atoms with van der Waals surface area (Å²) in [6.45, 7) is 18.2. The molecule has 0 spiro atoms. The number of benzene rings is 3. The van der Waals surface area contributed by atoms with Crippen molar-refractivity contribution in [3.63, 3.8) is 0 Å². The molecule has 3 rings (SSSR count). The van der Waals surface area contributed by atoms with Crippen molar-refractivity contribution < 1.29 is 4.74 Å². The van der Waals surface area contributed by atoms with Crippen LogP contribution >= 0.6 is 0 Å². The number of hydrogen-bond acceptors (Lipinski definition) is 1. The molecule has 0 N–H and O–H groups in total. The van der Waals surface area contributed by atoms with Crippen molar-refractivity contribution in [1.82, 2.24) is 0 Å². The van der Waals surface area contributed by atoms with E-state index in [1.807, 2.05) is 18.2 Å². The maximum absolute atomic E-state index is 5.62. The summed E-state index contributed by atoms with van der Waals surface area (Å²) in [6.07, 6.45) is 3.65. The van der Waals surface area contributed by atoms with E-state index in [0.717, 1.165) is 5.92 Å². The van der Waals surface area contributed by atoms with E-state index >= 15 is 0 Å². The largest absolute Gasteiger partial charge is 0.371 e. The number of ether oxygens (including phenoxy) is 1. The van der Waals surface area contributed by atoms with Crippen LogP contribution in [0.15, 0.2) is 91.0 Å². The highest BCUT2D eigenvalue weighted by atomic mass is 16.5. The Labute approximate surface area is 210 Å². The summed E-state index contributed by atoms with van der Waals surface area (Å²) in [5.41, 5.74) is 4.53. The quantitative estimate of drug-likeness (QED) is 0.356. The molecule has 0 aliphatic heterocycles. The van der Waals surface area contributed by atoms with Crippen LogP contribution in [0.3, 0.4) is 0 Å². The maximum Gasteiger partial charge on any atom is 0.0724 e. The Kier molecular flexibility index (Phi) is 13.5. The number of aryl methyl sites for hydroxylation is 1. The predicted molar refractivity (Wildman–Crippen MR) is 150 cm³/mol. The van der Waals surface area contributed by atoms with Crippen LogP contribution in [0.1, 0.15) is 78.5 Å². The lowest BCUT2D eigenvalue weighted by Crippen LogP contribution is -2.18. The van der Waals surface area contributed by atoms with E-state index in [-0.39, 0.29) is 5.60 Å². The predicted octanol–water partition coefficient (Wildman–Crippen LogP) is 9.55. The van der Waals surface area contributed by atoms with Gasteiger partial charge in [-0.15, -0.1) is 0 Å². The smallest absolute Gasteiger partial charge is 0.0724 e. The van der Waals surface area contributed by atoms with Crippen molar-refractivity contribution in [3.05, 3.63) is 108 Å². The second kappa shape index (κ2) is 15.5. The Morgan fingerprint density at radius 3 is 1.38 bits per heavy atom. The summed E-state index contributed by atoms with van der Waals surface area (Å²) in [7, 11) is 0. The van der Waals surface area contributed by atoms with Gasteiger partial charge in [0, 0.05) is 0 Å². The van der Waals surface area contributed by atoms with Gasteiger partial charge in [0.05, 0.1) is 12.2 Å². The van der Waals surface area contributed by atoms with Gasteiger partial charge in [0.15, 0.2) is 0 Å². The molecule has 0 aliphatic rings. The zero-order valence-corrected chi connectivity index (χ0v) is 23.0. The minimum Gasteiger partial charge on any atom is -0.371 e. The molecule has 0 unspecified atom stereocenters. The summed E-state index contributed by atoms with van der Waals surface area (Å²) in [5.74, 6) is 0.766. The molecular formula is C33H48O. The summed E-state index contributed by atoms with van der Waals surface area (Å²) < 4.78 is 5.62. The zero-order valence-electron chi connectivity index (χ0n) is 23.0. The van der Waals surface area contributed by atoms with E-state index in [9.17, 15) is 0 Å². The molecule has 0 saturated carbocycles. The first-order valence-electron chi connectivity index (χ1n) is 12.7. The van der Waals surface area contributed by atoms with Crippen molar-refractivity contribution >= 4 is 0 Å². The molecule has 1 heteroatoms. The Bertz CT molecular complexity index is 800. The van der Waals surface area contributed by atoms with Gasteiger partial charge in [0.1, 0.15) is 0 Å². The van der Waals surface area contributed by atoms with Crippen LogP contribution in [0.4, 0.5) is 0 Å². The Morgan fingerprint density at radius 1 is 0.588 bits per heavy atom. The fourth-order valence-electron chi connectivity index (χ4n) is 3.12.